The molecule has 3 aromatic rings. The Hall–Kier alpha value is -2.93. The molecule has 7 heteroatoms. The van der Waals surface area contributed by atoms with Crippen LogP contribution in [0.3, 0.4) is 0 Å². The van der Waals surface area contributed by atoms with Crippen LogP contribution in [0.2, 0.25) is 0 Å². The number of benzene rings is 1. The van der Waals surface area contributed by atoms with Gasteiger partial charge in [-0.3, -0.25) is 14.5 Å². The van der Waals surface area contributed by atoms with Gasteiger partial charge in [0, 0.05) is 36.9 Å². The first kappa shape index (κ1) is 17.5. The van der Waals surface area contributed by atoms with Crippen LogP contribution in [0, 0.1) is 0 Å². The van der Waals surface area contributed by atoms with Crippen LogP contribution in [-0.2, 0) is 13.1 Å². The average Bonchev–Trinajstić information content (AvgIpc) is 3.10. The van der Waals surface area contributed by atoms with Gasteiger partial charge >= 0.3 is 0 Å². The fourth-order valence-corrected chi connectivity index (χ4v) is 3.42. The second kappa shape index (κ2) is 7.36. The van der Waals surface area contributed by atoms with E-state index < -0.39 is 0 Å². The first-order chi connectivity index (χ1) is 13.1. The fraction of sp³-hybridized carbons (Fsp3) is 0.350. The highest BCUT2D eigenvalue weighted by atomic mass is 16.1. The van der Waals surface area contributed by atoms with Gasteiger partial charge < -0.3 is 15.1 Å². The highest BCUT2D eigenvalue weighted by Gasteiger charge is 2.22. The molecule has 1 aliphatic rings. The summed E-state index contributed by atoms with van der Waals surface area (Å²) >= 11 is 0. The fourth-order valence-electron chi connectivity index (χ4n) is 3.42. The summed E-state index contributed by atoms with van der Waals surface area (Å²) in [6.45, 7) is 3.76. The number of nitrogens with zero attached hydrogens (tertiary/aromatic N) is 5. The van der Waals surface area contributed by atoms with E-state index in [-0.39, 0.29) is 5.91 Å². The molecule has 1 aliphatic heterocycles. The predicted molar refractivity (Wildman–Crippen MR) is 106 cm³/mol. The molecule has 140 valence electrons. The van der Waals surface area contributed by atoms with Crippen molar-refractivity contribution < 1.29 is 4.79 Å². The van der Waals surface area contributed by atoms with Crippen LogP contribution in [0.25, 0.3) is 10.9 Å². The Bertz CT molecular complexity index is 959. The van der Waals surface area contributed by atoms with E-state index in [0.717, 1.165) is 42.8 Å². The monoisotopic (exact) mass is 364 g/mol. The molecule has 0 aliphatic carbocycles. The number of pyridine rings is 1. The summed E-state index contributed by atoms with van der Waals surface area (Å²) < 4.78 is 1.95. The quantitative estimate of drug-likeness (QED) is 0.747. The SMILES string of the molecule is CN(C)CCNC(=O)c1cc2n(n1)CCN(c1ccnc3ccccc13)C2. The molecular formula is C20H24N6O. The molecule has 3 heterocycles. The Morgan fingerprint density at radius 3 is 2.93 bits per heavy atom. The number of hydrogen-bond acceptors (Lipinski definition) is 5. The molecule has 1 amide bonds. The predicted octanol–water partition coefficient (Wildman–Crippen LogP) is 1.74. The van der Waals surface area contributed by atoms with Crippen LogP contribution in [0.1, 0.15) is 16.2 Å². The summed E-state index contributed by atoms with van der Waals surface area (Å²) in [7, 11) is 3.97. The van der Waals surface area contributed by atoms with Gasteiger partial charge in [-0.15, -0.1) is 0 Å². The molecule has 4 rings (SSSR count). The van der Waals surface area contributed by atoms with Crippen molar-refractivity contribution >= 4 is 22.5 Å². The molecule has 2 aromatic heterocycles. The third-order valence-electron chi connectivity index (χ3n) is 4.84. The second-order valence-corrected chi connectivity index (χ2v) is 7.07. The minimum Gasteiger partial charge on any atom is -0.363 e. The summed E-state index contributed by atoms with van der Waals surface area (Å²) in [6.07, 6.45) is 1.85. The zero-order valence-electron chi connectivity index (χ0n) is 15.7. The van der Waals surface area contributed by atoms with E-state index in [4.69, 9.17) is 0 Å². The number of carbonyl (C=O) groups is 1. The average molecular weight is 364 g/mol. The molecular weight excluding hydrogens is 340 g/mol. The number of carbonyl (C=O) groups excluding carboxylic acids is 1. The molecule has 27 heavy (non-hydrogen) atoms. The molecule has 0 spiro atoms. The zero-order valence-corrected chi connectivity index (χ0v) is 15.7. The molecule has 0 unspecified atom stereocenters. The number of hydrogen-bond donors (Lipinski definition) is 1. The lowest BCUT2D eigenvalue weighted by atomic mass is 10.1. The van der Waals surface area contributed by atoms with Crippen molar-refractivity contribution in [1.82, 2.24) is 25.0 Å². The highest BCUT2D eigenvalue weighted by Crippen LogP contribution is 2.28. The molecule has 0 atom stereocenters. The van der Waals surface area contributed by atoms with E-state index in [1.54, 1.807) is 0 Å². The van der Waals surface area contributed by atoms with Crippen molar-refractivity contribution in [3.63, 3.8) is 0 Å². The van der Waals surface area contributed by atoms with Crippen molar-refractivity contribution in [3.05, 3.63) is 54.0 Å². The van der Waals surface area contributed by atoms with E-state index >= 15 is 0 Å². The molecule has 0 fully saturated rings. The smallest absolute Gasteiger partial charge is 0.271 e. The van der Waals surface area contributed by atoms with Crippen LogP contribution in [0.5, 0.6) is 0 Å². The summed E-state index contributed by atoms with van der Waals surface area (Å²) in [6, 6.07) is 12.1. The van der Waals surface area contributed by atoms with Gasteiger partial charge in [-0.2, -0.15) is 5.10 Å². The number of para-hydroxylation sites is 1. The Morgan fingerprint density at radius 1 is 1.22 bits per heavy atom. The second-order valence-electron chi connectivity index (χ2n) is 7.07. The zero-order chi connectivity index (χ0) is 18.8. The molecule has 0 saturated heterocycles. The first-order valence-electron chi connectivity index (χ1n) is 9.20. The standard InChI is InChI=1S/C20H24N6O/c1-24(2)10-9-22-20(27)18-13-15-14-25(11-12-26(15)23-18)19-7-8-21-17-6-4-3-5-16(17)19/h3-8,13H,9-12,14H2,1-2H3,(H,22,27). The lowest BCUT2D eigenvalue weighted by Crippen LogP contribution is -2.34. The summed E-state index contributed by atoms with van der Waals surface area (Å²) in [5.41, 5.74) is 3.71. The number of fused-ring (bicyclic) bond motifs is 2. The largest absolute Gasteiger partial charge is 0.363 e. The van der Waals surface area contributed by atoms with E-state index in [2.05, 4.69) is 32.4 Å². The Balaban J connectivity index is 1.52. The van der Waals surface area contributed by atoms with E-state index in [1.807, 2.05) is 54.1 Å². The first-order valence-corrected chi connectivity index (χ1v) is 9.20. The Labute approximate surface area is 158 Å². The molecule has 0 bridgehead atoms. The van der Waals surface area contributed by atoms with Crippen LogP contribution in [-0.4, -0.2) is 59.3 Å². The molecule has 1 aromatic carbocycles. The molecule has 7 nitrogen and oxygen atoms in total. The Kier molecular flexibility index (Phi) is 4.77. The minimum atomic E-state index is -0.111. The lowest BCUT2D eigenvalue weighted by Gasteiger charge is -2.30. The van der Waals surface area contributed by atoms with Crippen LogP contribution in [0.4, 0.5) is 5.69 Å². The van der Waals surface area contributed by atoms with Crippen molar-refractivity contribution in [2.45, 2.75) is 13.1 Å². The Morgan fingerprint density at radius 2 is 2.07 bits per heavy atom. The molecule has 0 saturated carbocycles. The van der Waals surface area contributed by atoms with E-state index in [0.29, 0.717) is 12.2 Å². The van der Waals surface area contributed by atoms with Crippen molar-refractivity contribution in [1.29, 1.82) is 0 Å². The summed E-state index contributed by atoms with van der Waals surface area (Å²) in [5, 5.41) is 8.57. The number of amides is 1. The van der Waals surface area contributed by atoms with Gasteiger partial charge in [0.1, 0.15) is 0 Å². The molecule has 1 N–H and O–H groups in total. The third kappa shape index (κ3) is 3.64. The van der Waals surface area contributed by atoms with Crippen molar-refractivity contribution in [2.24, 2.45) is 0 Å². The third-order valence-corrected chi connectivity index (χ3v) is 4.84. The van der Waals surface area contributed by atoms with Gasteiger partial charge in [-0.1, -0.05) is 18.2 Å². The maximum atomic E-state index is 12.3. The van der Waals surface area contributed by atoms with Gasteiger partial charge in [0.15, 0.2) is 5.69 Å². The van der Waals surface area contributed by atoms with Gasteiger partial charge in [-0.25, -0.2) is 0 Å². The van der Waals surface area contributed by atoms with Gasteiger partial charge in [0.2, 0.25) is 0 Å². The number of aromatic nitrogens is 3. The van der Waals surface area contributed by atoms with E-state index in [1.165, 1.54) is 5.69 Å². The number of rotatable bonds is 5. The maximum absolute atomic E-state index is 12.3. The van der Waals surface area contributed by atoms with E-state index in [9.17, 15) is 4.79 Å². The summed E-state index contributed by atoms with van der Waals surface area (Å²) in [4.78, 5) is 21.2. The van der Waals surface area contributed by atoms with Crippen LogP contribution >= 0.6 is 0 Å². The van der Waals surface area contributed by atoms with Gasteiger partial charge in [0.05, 0.1) is 24.3 Å². The highest BCUT2D eigenvalue weighted by molar-refractivity contribution is 5.93. The van der Waals surface area contributed by atoms with Crippen molar-refractivity contribution in [2.75, 3.05) is 38.6 Å². The maximum Gasteiger partial charge on any atom is 0.271 e. The normalized spacial score (nSPS) is 13.8. The number of nitrogens with one attached hydrogen (secondary N) is 1. The van der Waals surface area contributed by atoms with Gasteiger partial charge in [-0.05, 0) is 32.3 Å². The number of likely N-dealkylation sites (N-methyl/N-ethyl adjacent to an activating group) is 1. The topological polar surface area (TPSA) is 66.3 Å². The van der Waals surface area contributed by atoms with Crippen LogP contribution in [0.15, 0.2) is 42.6 Å². The number of anilines is 1. The molecule has 0 radical (unpaired) electrons. The van der Waals surface area contributed by atoms with Crippen molar-refractivity contribution in [3.8, 4) is 0 Å². The lowest BCUT2D eigenvalue weighted by molar-refractivity contribution is 0.0945. The van der Waals surface area contributed by atoms with Crippen LogP contribution < -0.4 is 10.2 Å². The minimum absolute atomic E-state index is 0.111. The van der Waals surface area contributed by atoms with Gasteiger partial charge in [0.25, 0.3) is 5.91 Å². The summed E-state index contributed by atoms with van der Waals surface area (Å²) in [5.74, 6) is -0.111.